The number of nitrogens with two attached hydrogens (primary N) is 1. The zero-order chi connectivity index (χ0) is 29.5. The molecule has 2 aromatic heterocycles. The molecule has 0 radical (unpaired) electrons. The summed E-state index contributed by atoms with van der Waals surface area (Å²) in [5.41, 5.74) is 7.89. The summed E-state index contributed by atoms with van der Waals surface area (Å²) in [6.45, 7) is 0.223. The summed E-state index contributed by atoms with van der Waals surface area (Å²) in [6.07, 6.45) is 8.02. The maximum atomic E-state index is 14.3. The Morgan fingerprint density at radius 3 is 2.36 bits per heavy atom. The molecule has 1 saturated carbocycles. The number of carbonyl (C=O) groups excluding carboxylic acids is 3. The number of nitrogens with zero attached hydrogens (tertiary/aromatic N) is 3. The molecule has 1 aliphatic rings. The first-order valence-corrected chi connectivity index (χ1v) is 14.6. The molecule has 1 aliphatic carbocycles. The van der Waals surface area contributed by atoms with Gasteiger partial charge in [-0.15, -0.1) is 0 Å². The highest BCUT2D eigenvalue weighted by atomic mass is 32.1. The van der Waals surface area contributed by atoms with Crippen LogP contribution in [0.1, 0.15) is 69.4 Å². The topological polar surface area (TPSA) is 130 Å². The van der Waals surface area contributed by atoms with E-state index in [1.165, 1.54) is 41.6 Å². The molecule has 4 N–H and O–H groups in total. The minimum atomic E-state index is -1.17. The van der Waals surface area contributed by atoms with Crippen LogP contribution in [0.5, 0.6) is 0 Å². The summed E-state index contributed by atoms with van der Waals surface area (Å²) in [4.78, 5) is 46.5. The predicted molar refractivity (Wildman–Crippen MR) is 159 cm³/mol. The number of rotatable bonds is 9. The normalized spacial score (nSPS) is 14.1. The number of amides is 3. The van der Waals surface area contributed by atoms with Crippen molar-refractivity contribution in [1.29, 1.82) is 0 Å². The molecular formula is C31H31FN6O3S. The summed E-state index contributed by atoms with van der Waals surface area (Å²) in [5.74, 6) is -2.06. The molecule has 2 heterocycles. The highest BCUT2D eigenvalue weighted by molar-refractivity contribution is 7.09. The quantitative estimate of drug-likeness (QED) is 0.252. The second kappa shape index (κ2) is 13.3. The number of halogens is 1. The number of benzene rings is 2. The van der Waals surface area contributed by atoms with Gasteiger partial charge in [-0.1, -0.05) is 49.6 Å². The molecule has 0 saturated heterocycles. The maximum Gasteiger partial charge on any atom is 0.273 e. The highest BCUT2D eigenvalue weighted by Gasteiger charge is 2.36. The van der Waals surface area contributed by atoms with Crippen molar-refractivity contribution in [2.75, 3.05) is 10.6 Å². The van der Waals surface area contributed by atoms with Crippen LogP contribution in [0.2, 0.25) is 0 Å². The minimum absolute atomic E-state index is 0.00281. The SMILES string of the molecule is Nc1c(C(=O)NC2CCCCC2)nsc1C(=O)N(c1ccc(F)cc1)[C@H](C(=O)NCc1ccccc1)c1ccncc1. The lowest BCUT2D eigenvalue weighted by Crippen LogP contribution is -2.44. The molecule has 42 heavy (non-hydrogen) atoms. The summed E-state index contributed by atoms with van der Waals surface area (Å²) in [5, 5.41) is 5.90. The molecule has 1 fully saturated rings. The van der Waals surface area contributed by atoms with Crippen LogP contribution in [0, 0.1) is 5.82 Å². The summed E-state index contributed by atoms with van der Waals surface area (Å²) < 4.78 is 18.2. The lowest BCUT2D eigenvalue weighted by Gasteiger charge is -2.31. The van der Waals surface area contributed by atoms with Gasteiger partial charge in [-0.25, -0.2) is 4.39 Å². The van der Waals surface area contributed by atoms with Gasteiger partial charge in [0.2, 0.25) is 5.91 Å². The largest absolute Gasteiger partial charge is 0.395 e. The Balaban J connectivity index is 1.50. The van der Waals surface area contributed by atoms with Crippen molar-refractivity contribution in [3.63, 3.8) is 0 Å². The van der Waals surface area contributed by atoms with Crippen molar-refractivity contribution in [2.24, 2.45) is 0 Å². The van der Waals surface area contributed by atoms with Gasteiger partial charge in [-0.05, 0) is 71.9 Å². The van der Waals surface area contributed by atoms with E-state index in [1.807, 2.05) is 30.3 Å². The molecule has 5 rings (SSSR count). The fourth-order valence-corrected chi connectivity index (χ4v) is 5.79. The lowest BCUT2D eigenvalue weighted by molar-refractivity contribution is -0.122. The Morgan fingerprint density at radius 1 is 0.976 bits per heavy atom. The average Bonchev–Trinajstić information content (AvgIpc) is 3.41. The minimum Gasteiger partial charge on any atom is -0.395 e. The highest BCUT2D eigenvalue weighted by Crippen LogP contribution is 2.33. The van der Waals surface area contributed by atoms with Crippen LogP contribution in [0.25, 0.3) is 0 Å². The Morgan fingerprint density at radius 2 is 1.67 bits per heavy atom. The van der Waals surface area contributed by atoms with Gasteiger partial charge >= 0.3 is 0 Å². The third kappa shape index (κ3) is 6.63. The first kappa shape index (κ1) is 28.9. The van der Waals surface area contributed by atoms with Crippen LogP contribution in [-0.2, 0) is 11.3 Å². The van der Waals surface area contributed by atoms with E-state index < -0.39 is 29.6 Å². The molecule has 216 valence electrons. The van der Waals surface area contributed by atoms with E-state index in [-0.39, 0.29) is 34.5 Å². The zero-order valence-corrected chi connectivity index (χ0v) is 23.6. The van der Waals surface area contributed by atoms with Crippen molar-refractivity contribution in [3.05, 3.63) is 107 Å². The molecule has 2 aromatic carbocycles. The number of nitrogens with one attached hydrogen (secondary N) is 2. The number of aromatic nitrogens is 2. The second-order valence-corrected chi connectivity index (χ2v) is 10.9. The van der Waals surface area contributed by atoms with Gasteiger partial charge < -0.3 is 16.4 Å². The third-order valence-electron chi connectivity index (χ3n) is 7.24. The average molecular weight is 587 g/mol. The van der Waals surface area contributed by atoms with Crippen LogP contribution in [0.15, 0.2) is 79.1 Å². The Kier molecular flexibility index (Phi) is 9.18. The predicted octanol–water partition coefficient (Wildman–Crippen LogP) is 5.03. The van der Waals surface area contributed by atoms with Crippen molar-refractivity contribution < 1.29 is 18.8 Å². The molecule has 3 amide bonds. The summed E-state index contributed by atoms with van der Waals surface area (Å²) in [7, 11) is 0. The van der Waals surface area contributed by atoms with Crippen molar-refractivity contribution >= 4 is 40.6 Å². The van der Waals surface area contributed by atoms with Crippen LogP contribution >= 0.6 is 11.5 Å². The molecule has 0 spiro atoms. The zero-order valence-electron chi connectivity index (χ0n) is 22.8. The van der Waals surface area contributed by atoms with E-state index in [0.29, 0.717) is 5.56 Å². The van der Waals surface area contributed by atoms with Gasteiger partial charge in [0.05, 0.1) is 5.69 Å². The van der Waals surface area contributed by atoms with Crippen LogP contribution in [0.3, 0.4) is 0 Å². The maximum absolute atomic E-state index is 14.3. The van der Waals surface area contributed by atoms with Gasteiger partial charge in [0.15, 0.2) is 5.69 Å². The van der Waals surface area contributed by atoms with Crippen molar-refractivity contribution in [1.82, 2.24) is 20.0 Å². The molecular weight excluding hydrogens is 555 g/mol. The van der Waals surface area contributed by atoms with Gasteiger partial charge in [-0.2, -0.15) is 4.37 Å². The molecule has 9 nitrogen and oxygen atoms in total. The van der Waals surface area contributed by atoms with E-state index in [2.05, 4.69) is 20.0 Å². The standard InChI is InChI=1S/C31H31FN6O3S/c32-22-11-13-24(14-12-22)38(27(21-15-17-34-18-16-21)30(40)35-19-20-7-3-1-4-8-20)31(41)28-25(33)26(37-42-28)29(39)36-23-9-5-2-6-10-23/h1,3-4,7-8,11-18,23,27H,2,5-6,9-10,19,33H2,(H,35,40)(H,36,39)/t27-/m0/s1. The second-order valence-electron chi connectivity index (χ2n) is 10.1. The molecule has 0 unspecified atom stereocenters. The molecule has 1 atom stereocenters. The summed E-state index contributed by atoms with van der Waals surface area (Å²) >= 11 is 0.790. The molecule has 0 bridgehead atoms. The molecule has 0 aliphatic heterocycles. The first-order valence-electron chi connectivity index (χ1n) is 13.8. The van der Waals surface area contributed by atoms with Crippen LogP contribution in [0.4, 0.5) is 15.8 Å². The third-order valence-corrected chi connectivity index (χ3v) is 8.09. The lowest BCUT2D eigenvalue weighted by atomic mass is 9.95. The monoisotopic (exact) mass is 586 g/mol. The Bertz CT molecular complexity index is 1530. The Hall–Kier alpha value is -4.64. The van der Waals surface area contributed by atoms with E-state index in [9.17, 15) is 18.8 Å². The number of carbonyl (C=O) groups is 3. The fourth-order valence-electron chi connectivity index (χ4n) is 5.06. The van der Waals surface area contributed by atoms with Gasteiger partial charge in [0.1, 0.15) is 16.7 Å². The number of pyridine rings is 1. The Labute approximate surface area is 247 Å². The van der Waals surface area contributed by atoms with E-state index in [0.717, 1.165) is 49.2 Å². The van der Waals surface area contributed by atoms with Crippen molar-refractivity contribution in [3.8, 4) is 0 Å². The van der Waals surface area contributed by atoms with Crippen molar-refractivity contribution in [2.45, 2.75) is 50.7 Å². The first-order chi connectivity index (χ1) is 20.4. The number of hydrogen-bond donors (Lipinski definition) is 3. The summed E-state index contributed by atoms with van der Waals surface area (Å²) in [6, 6.07) is 16.7. The van der Waals surface area contributed by atoms with Crippen LogP contribution < -0.4 is 21.3 Å². The molecule has 11 heteroatoms. The van der Waals surface area contributed by atoms with Gasteiger partial charge in [0.25, 0.3) is 11.8 Å². The number of anilines is 2. The smallest absolute Gasteiger partial charge is 0.273 e. The van der Waals surface area contributed by atoms with E-state index >= 15 is 0 Å². The van der Waals surface area contributed by atoms with Crippen LogP contribution in [-0.4, -0.2) is 33.1 Å². The number of nitrogen functional groups attached to an aromatic ring is 1. The van der Waals surface area contributed by atoms with Gasteiger partial charge in [-0.3, -0.25) is 24.3 Å². The van der Waals surface area contributed by atoms with E-state index in [1.54, 1.807) is 12.1 Å². The van der Waals surface area contributed by atoms with E-state index in [4.69, 9.17) is 5.73 Å². The fraction of sp³-hybridized carbons (Fsp3) is 0.258. The molecule has 4 aromatic rings. The van der Waals surface area contributed by atoms with Gasteiger partial charge in [0, 0.05) is 30.7 Å². The number of hydrogen-bond acceptors (Lipinski definition) is 7.